The Bertz CT molecular complexity index is 696. The normalized spacial score (nSPS) is 11.1. The van der Waals surface area contributed by atoms with Crippen LogP contribution in [0.1, 0.15) is 18.4 Å². The summed E-state index contributed by atoms with van der Waals surface area (Å²) in [5, 5.41) is 11.7. The van der Waals surface area contributed by atoms with Crippen molar-refractivity contribution in [3.05, 3.63) is 29.8 Å². The molecule has 0 atom stereocenters. The molecule has 0 saturated carbocycles. The number of carbonyl (C=O) groups excluding carboxylic acids is 1. The van der Waals surface area contributed by atoms with E-state index in [0.29, 0.717) is 17.8 Å². The van der Waals surface area contributed by atoms with Gasteiger partial charge in [0.25, 0.3) is 0 Å². The van der Waals surface area contributed by atoms with Gasteiger partial charge in [0.15, 0.2) is 0 Å². The maximum atomic E-state index is 12.0. The van der Waals surface area contributed by atoms with Crippen LogP contribution in [-0.2, 0) is 14.8 Å². The fourth-order valence-electron chi connectivity index (χ4n) is 2.13. The van der Waals surface area contributed by atoms with E-state index in [0.717, 1.165) is 23.5 Å². The number of hydrogen-bond donors (Lipinski definition) is 1. The first-order chi connectivity index (χ1) is 11.2. The standard InChI is InChI=1S/C16H24N4O3S/c1-19(2)10-5-9-18-16(21)8-11-20(24(3,22)23)15-7-4-6-14(12-15)13-17/h4,6-7,12H,5,8-11H2,1-3H3,(H,18,21). The molecule has 0 aliphatic carbocycles. The lowest BCUT2D eigenvalue weighted by molar-refractivity contribution is -0.120. The van der Waals surface area contributed by atoms with E-state index >= 15 is 0 Å². The van der Waals surface area contributed by atoms with Gasteiger partial charge in [0.05, 0.1) is 23.6 Å². The highest BCUT2D eigenvalue weighted by Gasteiger charge is 2.18. The quantitative estimate of drug-likeness (QED) is 0.663. The van der Waals surface area contributed by atoms with Crippen LogP contribution < -0.4 is 9.62 Å². The highest BCUT2D eigenvalue weighted by molar-refractivity contribution is 7.92. The summed E-state index contributed by atoms with van der Waals surface area (Å²) in [6.07, 6.45) is 1.98. The highest BCUT2D eigenvalue weighted by Crippen LogP contribution is 2.19. The number of carbonyl (C=O) groups is 1. The summed E-state index contributed by atoms with van der Waals surface area (Å²) in [5.74, 6) is -0.196. The van der Waals surface area contributed by atoms with Crippen molar-refractivity contribution in [2.24, 2.45) is 0 Å². The highest BCUT2D eigenvalue weighted by atomic mass is 32.2. The SMILES string of the molecule is CN(C)CCCNC(=O)CCN(c1cccc(C#N)c1)S(C)(=O)=O. The van der Waals surface area contributed by atoms with Gasteiger partial charge in [-0.05, 0) is 45.3 Å². The summed E-state index contributed by atoms with van der Waals surface area (Å²) in [4.78, 5) is 13.9. The smallest absolute Gasteiger partial charge is 0.232 e. The molecule has 1 aromatic carbocycles. The molecule has 0 unspecified atom stereocenters. The van der Waals surface area contributed by atoms with Crippen LogP contribution in [0.3, 0.4) is 0 Å². The van der Waals surface area contributed by atoms with Gasteiger partial charge in [0.2, 0.25) is 15.9 Å². The largest absolute Gasteiger partial charge is 0.356 e. The minimum Gasteiger partial charge on any atom is -0.356 e. The Balaban J connectivity index is 2.65. The van der Waals surface area contributed by atoms with Gasteiger partial charge in [-0.2, -0.15) is 5.26 Å². The Morgan fingerprint density at radius 2 is 2.00 bits per heavy atom. The van der Waals surface area contributed by atoms with E-state index in [1.165, 1.54) is 6.07 Å². The van der Waals surface area contributed by atoms with Gasteiger partial charge in [0, 0.05) is 19.5 Å². The molecular formula is C16H24N4O3S. The van der Waals surface area contributed by atoms with Gasteiger partial charge in [-0.25, -0.2) is 8.42 Å². The van der Waals surface area contributed by atoms with E-state index in [-0.39, 0.29) is 18.9 Å². The second-order valence-corrected chi connectivity index (χ2v) is 7.66. The molecule has 132 valence electrons. The third-order valence-electron chi connectivity index (χ3n) is 3.31. The molecule has 0 bridgehead atoms. The monoisotopic (exact) mass is 352 g/mol. The third kappa shape index (κ3) is 6.98. The van der Waals surface area contributed by atoms with Crippen LogP contribution >= 0.6 is 0 Å². The molecule has 1 aromatic rings. The molecule has 0 saturated heterocycles. The van der Waals surface area contributed by atoms with Crippen molar-refractivity contribution in [3.8, 4) is 6.07 Å². The van der Waals surface area contributed by atoms with E-state index in [9.17, 15) is 13.2 Å². The number of hydrogen-bond acceptors (Lipinski definition) is 5. The van der Waals surface area contributed by atoms with Crippen molar-refractivity contribution < 1.29 is 13.2 Å². The van der Waals surface area contributed by atoms with Crippen LogP contribution in [-0.4, -0.2) is 59.2 Å². The van der Waals surface area contributed by atoms with Crippen LogP contribution in [0.4, 0.5) is 5.69 Å². The van der Waals surface area contributed by atoms with Gasteiger partial charge in [-0.1, -0.05) is 6.07 Å². The summed E-state index contributed by atoms with van der Waals surface area (Å²) in [5.41, 5.74) is 0.756. The zero-order valence-electron chi connectivity index (χ0n) is 14.3. The van der Waals surface area contributed by atoms with Crippen LogP contribution in [0.25, 0.3) is 0 Å². The average molecular weight is 352 g/mol. The molecular weight excluding hydrogens is 328 g/mol. The van der Waals surface area contributed by atoms with Crippen molar-refractivity contribution in [2.45, 2.75) is 12.8 Å². The van der Waals surface area contributed by atoms with E-state index in [1.54, 1.807) is 18.2 Å². The number of nitriles is 1. The molecule has 0 spiro atoms. The second-order valence-electron chi connectivity index (χ2n) is 5.75. The van der Waals surface area contributed by atoms with Crippen molar-refractivity contribution in [2.75, 3.05) is 44.3 Å². The lowest BCUT2D eigenvalue weighted by atomic mass is 10.2. The fraction of sp³-hybridized carbons (Fsp3) is 0.500. The Labute approximate surface area is 143 Å². The molecule has 0 aromatic heterocycles. The summed E-state index contributed by atoms with van der Waals surface area (Å²) in [7, 11) is 0.381. The first kappa shape index (κ1) is 19.9. The molecule has 1 amide bonds. The number of amides is 1. The number of nitrogens with zero attached hydrogens (tertiary/aromatic N) is 3. The van der Waals surface area contributed by atoms with E-state index < -0.39 is 10.0 Å². The third-order valence-corrected chi connectivity index (χ3v) is 4.50. The van der Waals surface area contributed by atoms with Gasteiger partial charge < -0.3 is 10.2 Å². The molecule has 0 aliphatic heterocycles. The first-order valence-electron chi connectivity index (χ1n) is 7.63. The van der Waals surface area contributed by atoms with Crippen molar-refractivity contribution >= 4 is 21.6 Å². The predicted octanol–water partition coefficient (Wildman–Crippen LogP) is 0.782. The zero-order chi connectivity index (χ0) is 18.2. The van der Waals surface area contributed by atoms with Crippen molar-refractivity contribution in [3.63, 3.8) is 0 Å². The van der Waals surface area contributed by atoms with Crippen LogP contribution in [0.2, 0.25) is 0 Å². The topological polar surface area (TPSA) is 93.5 Å². The minimum absolute atomic E-state index is 0.0349. The first-order valence-corrected chi connectivity index (χ1v) is 9.48. The van der Waals surface area contributed by atoms with Crippen LogP contribution in [0.15, 0.2) is 24.3 Å². The van der Waals surface area contributed by atoms with Crippen LogP contribution in [0, 0.1) is 11.3 Å². The lowest BCUT2D eigenvalue weighted by Crippen LogP contribution is -2.35. The van der Waals surface area contributed by atoms with Crippen LogP contribution in [0.5, 0.6) is 0 Å². The van der Waals surface area contributed by atoms with E-state index in [2.05, 4.69) is 5.32 Å². The Kier molecular flexibility index (Phi) is 7.68. The van der Waals surface area contributed by atoms with Gasteiger partial charge in [-0.15, -0.1) is 0 Å². The number of sulfonamides is 1. The summed E-state index contributed by atoms with van der Waals surface area (Å²) in [6, 6.07) is 8.30. The maximum absolute atomic E-state index is 12.0. The Hall–Kier alpha value is -2.11. The summed E-state index contributed by atoms with van der Waals surface area (Å²) >= 11 is 0. The molecule has 1 N–H and O–H groups in total. The molecule has 24 heavy (non-hydrogen) atoms. The molecule has 0 heterocycles. The van der Waals surface area contributed by atoms with Gasteiger partial charge >= 0.3 is 0 Å². The summed E-state index contributed by atoms with van der Waals surface area (Å²) in [6.45, 7) is 1.46. The van der Waals surface area contributed by atoms with Crippen molar-refractivity contribution in [1.82, 2.24) is 10.2 Å². The van der Waals surface area contributed by atoms with E-state index in [4.69, 9.17) is 5.26 Å². The number of benzene rings is 1. The molecule has 0 fully saturated rings. The lowest BCUT2D eigenvalue weighted by Gasteiger charge is -2.22. The second kappa shape index (κ2) is 9.25. The Morgan fingerprint density at radius 1 is 1.29 bits per heavy atom. The zero-order valence-corrected chi connectivity index (χ0v) is 15.1. The van der Waals surface area contributed by atoms with Crippen molar-refractivity contribution in [1.29, 1.82) is 5.26 Å². The van der Waals surface area contributed by atoms with Gasteiger partial charge in [0.1, 0.15) is 0 Å². The molecule has 1 rings (SSSR count). The predicted molar refractivity (Wildman–Crippen MR) is 94.1 cm³/mol. The number of rotatable bonds is 9. The average Bonchev–Trinajstić information content (AvgIpc) is 2.50. The number of nitrogens with one attached hydrogen (secondary N) is 1. The fourth-order valence-corrected chi connectivity index (χ4v) is 3.05. The Morgan fingerprint density at radius 3 is 2.58 bits per heavy atom. The van der Waals surface area contributed by atoms with Gasteiger partial charge in [-0.3, -0.25) is 9.10 Å². The molecule has 0 aliphatic rings. The molecule has 8 heteroatoms. The molecule has 7 nitrogen and oxygen atoms in total. The molecule has 0 radical (unpaired) electrons. The minimum atomic E-state index is -3.54. The maximum Gasteiger partial charge on any atom is 0.232 e. The van der Waals surface area contributed by atoms with E-state index in [1.807, 2.05) is 25.1 Å². The summed E-state index contributed by atoms with van der Waals surface area (Å²) < 4.78 is 25.1. The number of anilines is 1.